The number of aromatic nitrogens is 3. The van der Waals surface area contributed by atoms with E-state index in [-0.39, 0.29) is 41.8 Å². The highest BCUT2D eigenvalue weighted by molar-refractivity contribution is 7.13. The first-order valence-corrected chi connectivity index (χ1v) is 15.5. The fraction of sp³-hybridized carbons (Fsp3) is 0.500. The summed E-state index contributed by atoms with van der Waals surface area (Å²) in [5.41, 5.74) is -0.558. The largest absolute Gasteiger partial charge is 0.444 e. The molecule has 4 heterocycles. The van der Waals surface area contributed by atoms with Crippen molar-refractivity contribution in [3.05, 3.63) is 47.2 Å². The number of hydrogen-bond donors (Lipinski definition) is 2. The molecular weight excluding hydrogens is 595 g/mol. The van der Waals surface area contributed by atoms with Gasteiger partial charge < -0.3 is 25.2 Å². The van der Waals surface area contributed by atoms with Gasteiger partial charge in [-0.3, -0.25) is 4.79 Å². The normalized spacial score (nSPS) is 17.5. The fourth-order valence-electron chi connectivity index (χ4n) is 5.60. The molecule has 44 heavy (non-hydrogen) atoms. The Balaban J connectivity index is 1.46. The minimum Gasteiger partial charge on any atom is -0.444 e. The highest BCUT2D eigenvalue weighted by Gasteiger charge is 2.42. The van der Waals surface area contributed by atoms with Gasteiger partial charge in [-0.2, -0.15) is 23.4 Å². The third kappa shape index (κ3) is 7.58. The van der Waals surface area contributed by atoms with Crippen LogP contribution in [-0.4, -0.2) is 65.5 Å². The van der Waals surface area contributed by atoms with Crippen molar-refractivity contribution in [2.75, 3.05) is 47.8 Å². The fourth-order valence-corrected chi connectivity index (χ4v) is 6.39. The van der Waals surface area contributed by atoms with Crippen molar-refractivity contribution in [2.45, 2.75) is 58.2 Å². The van der Waals surface area contributed by atoms with Crippen molar-refractivity contribution >= 4 is 40.4 Å². The van der Waals surface area contributed by atoms with Gasteiger partial charge in [0.15, 0.2) is 0 Å². The Morgan fingerprint density at radius 2 is 1.80 bits per heavy atom. The summed E-state index contributed by atoms with van der Waals surface area (Å²) in [5, 5.41) is 15.2. The van der Waals surface area contributed by atoms with E-state index in [0.717, 1.165) is 19.3 Å². The Morgan fingerprint density at radius 1 is 1.05 bits per heavy atom. The summed E-state index contributed by atoms with van der Waals surface area (Å²) < 4.78 is 50.3. The van der Waals surface area contributed by atoms with E-state index in [0.29, 0.717) is 36.6 Å². The van der Waals surface area contributed by atoms with Crippen LogP contribution in [0.2, 0.25) is 0 Å². The maximum absolute atomic E-state index is 15.0. The summed E-state index contributed by atoms with van der Waals surface area (Å²) >= 11 is 1.23. The van der Waals surface area contributed by atoms with Crippen LogP contribution in [0.3, 0.4) is 0 Å². The van der Waals surface area contributed by atoms with E-state index in [1.807, 2.05) is 0 Å². The van der Waals surface area contributed by atoms with Gasteiger partial charge in [0.05, 0.1) is 29.5 Å². The molecule has 3 aromatic rings. The average Bonchev–Trinajstić information content (AvgIpc) is 3.68. The zero-order valence-corrected chi connectivity index (χ0v) is 25.7. The van der Waals surface area contributed by atoms with E-state index in [1.165, 1.54) is 29.8 Å². The average molecular weight is 632 g/mol. The number of thiazole rings is 1. The summed E-state index contributed by atoms with van der Waals surface area (Å²) in [6.07, 6.45) is 0.756. The van der Waals surface area contributed by atoms with Crippen LogP contribution in [0.25, 0.3) is 10.6 Å². The lowest BCUT2D eigenvalue weighted by Gasteiger charge is -2.38. The Bertz CT molecular complexity index is 1470. The zero-order valence-electron chi connectivity index (χ0n) is 24.9. The second kappa shape index (κ2) is 13.0. The molecule has 236 valence electrons. The number of rotatable bonds is 7. The number of piperidine rings is 1. The lowest BCUT2D eigenvalue weighted by atomic mass is 9.95. The van der Waals surface area contributed by atoms with Gasteiger partial charge in [-0.1, -0.05) is 0 Å². The molecule has 1 atom stereocenters. The molecule has 0 unspecified atom stereocenters. The Morgan fingerprint density at radius 3 is 2.48 bits per heavy atom. The van der Waals surface area contributed by atoms with E-state index in [2.05, 4.69) is 25.8 Å². The van der Waals surface area contributed by atoms with Crippen LogP contribution in [-0.2, 0) is 10.9 Å². The summed E-state index contributed by atoms with van der Waals surface area (Å²) in [5.74, 6) is -0.732. The molecule has 0 spiro atoms. The highest BCUT2D eigenvalue weighted by Crippen LogP contribution is 2.48. The molecule has 2 fully saturated rings. The molecule has 1 aromatic carbocycles. The van der Waals surface area contributed by atoms with Crippen molar-refractivity contribution in [1.82, 2.24) is 20.5 Å². The van der Waals surface area contributed by atoms with Gasteiger partial charge in [0.1, 0.15) is 21.9 Å². The second-order valence-electron chi connectivity index (χ2n) is 12.0. The number of nitrogens with one attached hydrogen (secondary N) is 2. The number of amides is 2. The van der Waals surface area contributed by atoms with E-state index >= 15 is 0 Å². The quantitative estimate of drug-likeness (QED) is 0.317. The number of ether oxygens (including phenoxy) is 1. The van der Waals surface area contributed by atoms with Crippen molar-refractivity contribution in [3.63, 3.8) is 0 Å². The van der Waals surface area contributed by atoms with Crippen LogP contribution in [0.1, 0.15) is 62.5 Å². The van der Waals surface area contributed by atoms with E-state index in [9.17, 15) is 22.8 Å². The van der Waals surface area contributed by atoms with Crippen LogP contribution < -0.4 is 20.4 Å². The molecule has 2 aliphatic heterocycles. The monoisotopic (exact) mass is 631 g/mol. The molecule has 0 bridgehead atoms. The number of alkyl carbamates (subject to hydrolysis) is 1. The van der Waals surface area contributed by atoms with Gasteiger partial charge in [-0.05, 0) is 70.6 Å². The second-order valence-corrected chi connectivity index (χ2v) is 12.9. The first-order valence-electron chi connectivity index (χ1n) is 14.6. The highest BCUT2D eigenvalue weighted by atomic mass is 32.1. The third-order valence-corrected chi connectivity index (χ3v) is 8.36. The minimum atomic E-state index is -4.68. The van der Waals surface area contributed by atoms with Gasteiger partial charge in [-0.25, -0.2) is 9.78 Å². The first kappa shape index (κ1) is 31.5. The van der Waals surface area contributed by atoms with Crippen LogP contribution in [0.15, 0.2) is 36.0 Å². The molecule has 2 amide bonds. The maximum Gasteiger partial charge on any atom is 0.420 e. The predicted molar refractivity (Wildman–Crippen MR) is 163 cm³/mol. The molecule has 2 aromatic heterocycles. The van der Waals surface area contributed by atoms with E-state index in [4.69, 9.17) is 4.74 Å². The molecule has 2 saturated heterocycles. The number of carbonyl (C=O) groups is 2. The maximum atomic E-state index is 15.0. The number of nitrogens with zero attached hydrogens (tertiary/aromatic N) is 5. The van der Waals surface area contributed by atoms with Gasteiger partial charge in [0.25, 0.3) is 5.91 Å². The van der Waals surface area contributed by atoms with Crippen molar-refractivity contribution < 1.29 is 27.5 Å². The smallest absolute Gasteiger partial charge is 0.420 e. The van der Waals surface area contributed by atoms with Gasteiger partial charge in [0, 0.05) is 43.7 Å². The summed E-state index contributed by atoms with van der Waals surface area (Å²) in [7, 11) is 0. The Kier molecular flexibility index (Phi) is 9.28. The molecular formula is C30H36F3N7O3S. The summed E-state index contributed by atoms with van der Waals surface area (Å²) in [6, 6.07) is 4.72. The summed E-state index contributed by atoms with van der Waals surface area (Å²) in [4.78, 5) is 33.5. The molecule has 2 aliphatic rings. The van der Waals surface area contributed by atoms with Crippen molar-refractivity contribution in [3.8, 4) is 10.6 Å². The van der Waals surface area contributed by atoms with Gasteiger partial charge >= 0.3 is 12.3 Å². The van der Waals surface area contributed by atoms with E-state index in [1.54, 1.807) is 48.1 Å². The number of anilines is 3. The van der Waals surface area contributed by atoms with Crippen LogP contribution >= 0.6 is 11.3 Å². The SMILES string of the molecule is CC(C)(C)OC(=O)NC[C@@H]1CCCN(c2c(NC(=O)c3csc(-c4ccnnc4)n3)ccc(N3CCCC3)c2C(F)(F)F)C1. The number of hydrogen-bond acceptors (Lipinski definition) is 9. The number of benzene rings is 1. The lowest BCUT2D eigenvalue weighted by molar-refractivity contribution is -0.136. The number of carbonyl (C=O) groups excluding carboxylic acids is 2. The third-order valence-electron chi connectivity index (χ3n) is 7.47. The van der Waals surface area contributed by atoms with Crippen LogP contribution in [0, 0.1) is 5.92 Å². The Labute approximate surface area is 258 Å². The number of alkyl halides is 3. The molecule has 0 radical (unpaired) electrons. The van der Waals surface area contributed by atoms with Crippen molar-refractivity contribution in [1.29, 1.82) is 0 Å². The van der Waals surface area contributed by atoms with Gasteiger partial charge in [-0.15, -0.1) is 11.3 Å². The molecule has 2 N–H and O–H groups in total. The molecule has 14 heteroatoms. The molecule has 10 nitrogen and oxygen atoms in total. The standard InChI is InChI=1S/C30H36F3N7O3S/c1-29(2,3)43-28(42)34-15-19-7-6-14-40(17-19)25-21(8-9-23(24(25)30(31,32)33)39-12-4-5-13-39)37-26(41)22-18-44-27(38-22)20-10-11-35-36-16-20/h8-11,16,18-19H,4-7,12-15,17H2,1-3H3,(H,34,42)(H,37,41)/t19-/m0/s1. The van der Waals surface area contributed by atoms with Crippen LogP contribution in [0.5, 0.6) is 0 Å². The van der Waals surface area contributed by atoms with E-state index < -0.39 is 29.3 Å². The molecule has 0 aliphatic carbocycles. The zero-order chi connectivity index (χ0) is 31.5. The Hall–Kier alpha value is -3.94. The summed E-state index contributed by atoms with van der Waals surface area (Å²) in [6.45, 7) is 7.24. The minimum absolute atomic E-state index is 0.0613. The first-order chi connectivity index (χ1) is 20.9. The molecule has 5 rings (SSSR count). The predicted octanol–water partition coefficient (Wildman–Crippen LogP) is 6.21. The topological polar surface area (TPSA) is 113 Å². The lowest BCUT2D eigenvalue weighted by Crippen LogP contribution is -2.43. The van der Waals surface area contributed by atoms with Crippen molar-refractivity contribution in [2.24, 2.45) is 5.92 Å². The van der Waals surface area contributed by atoms with Gasteiger partial charge in [0.2, 0.25) is 0 Å². The number of halogens is 3. The van der Waals surface area contributed by atoms with Crippen LogP contribution in [0.4, 0.5) is 35.0 Å². The molecule has 0 saturated carbocycles.